The van der Waals surface area contributed by atoms with Crippen molar-refractivity contribution in [3.63, 3.8) is 0 Å². The van der Waals surface area contributed by atoms with Gasteiger partial charge in [0.15, 0.2) is 11.5 Å². The van der Waals surface area contributed by atoms with Crippen LogP contribution >= 0.6 is 0 Å². The summed E-state index contributed by atoms with van der Waals surface area (Å²) in [6, 6.07) is 8.69. The molecule has 8 heteroatoms. The van der Waals surface area contributed by atoms with E-state index in [1.807, 2.05) is 0 Å². The fraction of sp³-hybridized carbons (Fsp3) is 0.300. The second kappa shape index (κ2) is 7.56. The molecule has 1 N–H and O–H groups in total. The molecule has 0 saturated heterocycles. The predicted molar refractivity (Wildman–Crippen MR) is 99.7 cm³/mol. The summed E-state index contributed by atoms with van der Waals surface area (Å²) in [6.07, 6.45) is 7.33. The number of ether oxygens (including phenoxy) is 2. The predicted octanol–water partition coefficient (Wildman–Crippen LogP) is 3.66. The fourth-order valence-corrected chi connectivity index (χ4v) is 3.22. The molecule has 0 bridgehead atoms. The summed E-state index contributed by atoms with van der Waals surface area (Å²) in [7, 11) is 0. The zero-order chi connectivity index (χ0) is 19.5. The first-order chi connectivity index (χ1) is 13.6. The Bertz CT molecular complexity index is 1030. The Morgan fingerprint density at radius 2 is 1.96 bits per heavy atom. The van der Waals surface area contributed by atoms with E-state index in [0.717, 1.165) is 12.8 Å². The summed E-state index contributed by atoms with van der Waals surface area (Å²) >= 11 is 0. The van der Waals surface area contributed by atoms with Gasteiger partial charge in [-0.2, -0.15) is 20.3 Å². The molecule has 1 aliphatic rings. The molecule has 8 nitrogen and oxygen atoms in total. The van der Waals surface area contributed by atoms with E-state index < -0.39 is 0 Å². The third-order valence-electron chi connectivity index (χ3n) is 4.50. The van der Waals surface area contributed by atoms with Crippen LogP contribution in [0.2, 0.25) is 0 Å². The molecule has 0 radical (unpaired) electrons. The van der Waals surface area contributed by atoms with Crippen molar-refractivity contribution in [3.05, 3.63) is 48.0 Å². The number of hydrogen-bond donors (Lipinski definition) is 1. The van der Waals surface area contributed by atoms with Crippen LogP contribution in [-0.2, 0) is 0 Å². The number of aryl methyl sites for hydroxylation is 1. The van der Waals surface area contributed by atoms with Crippen molar-refractivity contribution >= 4 is 0 Å². The summed E-state index contributed by atoms with van der Waals surface area (Å²) in [5.41, 5.74) is 0.997. The van der Waals surface area contributed by atoms with E-state index in [4.69, 9.17) is 9.47 Å². The smallest absolute Gasteiger partial charge is 0.226 e. The van der Waals surface area contributed by atoms with Crippen LogP contribution in [0.15, 0.2) is 36.7 Å². The van der Waals surface area contributed by atoms with Crippen molar-refractivity contribution < 1.29 is 14.6 Å². The maximum absolute atomic E-state index is 9.59. The molecule has 2 aromatic heterocycles. The fourth-order valence-electron chi connectivity index (χ4n) is 3.22. The Hall–Kier alpha value is -3.60. The first-order valence-electron chi connectivity index (χ1n) is 9.09. The van der Waals surface area contributed by atoms with Crippen LogP contribution in [-0.4, -0.2) is 31.0 Å². The summed E-state index contributed by atoms with van der Waals surface area (Å²) < 4.78 is 13.4. The van der Waals surface area contributed by atoms with Crippen LogP contribution in [0, 0.1) is 18.3 Å². The lowest BCUT2D eigenvalue weighted by molar-refractivity contribution is 0.199. The van der Waals surface area contributed by atoms with Crippen LogP contribution in [0.1, 0.15) is 37.1 Å². The molecule has 1 fully saturated rings. The van der Waals surface area contributed by atoms with Crippen molar-refractivity contribution in [3.8, 4) is 35.0 Å². The number of nitrogens with zero attached hydrogens (tertiary/aromatic N) is 5. The first-order valence-corrected chi connectivity index (χ1v) is 9.09. The van der Waals surface area contributed by atoms with E-state index in [-0.39, 0.29) is 11.9 Å². The molecular formula is C20H19N5O3. The topological polar surface area (TPSA) is 106 Å². The van der Waals surface area contributed by atoms with Gasteiger partial charge in [0.05, 0.1) is 30.1 Å². The second-order valence-corrected chi connectivity index (χ2v) is 6.66. The number of aromatic nitrogens is 4. The van der Waals surface area contributed by atoms with Gasteiger partial charge in [-0.05, 0) is 44.7 Å². The van der Waals surface area contributed by atoms with Gasteiger partial charge < -0.3 is 14.6 Å². The Balaban J connectivity index is 1.66. The lowest BCUT2D eigenvalue weighted by Gasteiger charge is -2.14. The van der Waals surface area contributed by atoms with Crippen molar-refractivity contribution in [1.29, 1.82) is 5.26 Å². The molecule has 28 heavy (non-hydrogen) atoms. The van der Waals surface area contributed by atoms with Crippen molar-refractivity contribution in [1.82, 2.24) is 19.7 Å². The monoisotopic (exact) mass is 377 g/mol. The van der Waals surface area contributed by atoms with E-state index in [9.17, 15) is 10.4 Å². The van der Waals surface area contributed by atoms with Crippen molar-refractivity contribution in [2.75, 3.05) is 0 Å². The minimum Gasteiger partial charge on any atom is -0.505 e. The van der Waals surface area contributed by atoms with E-state index >= 15 is 0 Å². The highest BCUT2D eigenvalue weighted by Crippen LogP contribution is 2.31. The first kappa shape index (κ1) is 17.8. The molecular weight excluding hydrogens is 358 g/mol. The summed E-state index contributed by atoms with van der Waals surface area (Å²) in [4.78, 5) is 8.66. The standard InChI is InChI=1S/C20H19N5O3/c1-13-23-19(27-16-4-2-3-5-16)9-20(24-13)28-18-8-14(10-21)6-7-17(18)25-12-15(26)11-22-25/h6-9,11-12,16,26H,2-5H2,1H3. The van der Waals surface area contributed by atoms with Gasteiger partial charge in [0.1, 0.15) is 17.6 Å². The third-order valence-corrected chi connectivity index (χ3v) is 4.50. The highest BCUT2D eigenvalue weighted by Gasteiger charge is 2.18. The van der Waals surface area contributed by atoms with Crippen molar-refractivity contribution in [2.45, 2.75) is 38.7 Å². The molecule has 0 atom stereocenters. The minimum absolute atomic E-state index is 0.0282. The molecule has 142 valence electrons. The van der Waals surface area contributed by atoms with Gasteiger partial charge in [0.25, 0.3) is 0 Å². The second-order valence-electron chi connectivity index (χ2n) is 6.66. The average Bonchev–Trinajstić information content (AvgIpc) is 3.33. The van der Waals surface area contributed by atoms with Crippen LogP contribution in [0.25, 0.3) is 5.69 Å². The largest absolute Gasteiger partial charge is 0.505 e. The number of nitriles is 1. The Kier molecular flexibility index (Phi) is 4.81. The van der Waals surface area contributed by atoms with Gasteiger partial charge in [0, 0.05) is 6.07 Å². The molecule has 3 aromatic rings. The van der Waals surface area contributed by atoms with E-state index in [1.54, 1.807) is 31.2 Å². The number of benzene rings is 1. The maximum atomic E-state index is 9.59. The number of hydrogen-bond acceptors (Lipinski definition) is 7. The maximum Gasteiger partial charge on any atom is 0.226 e. The number of aromatic hydroxyl groups is 1. The van der Waals surface area contributed by atoms with Gasteiger partial charge in [0.2, 0.25) is 11.8 Å². The average molecular weight is 377 g/mol. The quantitative estimate of drug-likeness (QED) is 0.723. The van der Waals surface area contributed by atoms with Gasteiger partial charge in [-0.3, -0.25) is 0 Å². The third kappa shape index (κ3) is 3.88. The molecule has 0 unspecified atom stereocenters. The zero-order valence-corrected chi connectivity index (χ0v) is 15.4. The zero-order valence-electron chi connectivity index (χ0n) is 15.4. The minimum atomic E-state index is 0.0282. The Labute approximate surface area is 162 Å². The Morgan fingerprint density at radius 3 is 2.68 bits per heavy atom. The van der Waals surface area contributed by atoms with E-state index in [1.165, 1.54) is 29.9 Å². The van der Waals surface area contributed by atoms with Gasteiger partial charge in [-0.15, -0.1) is 0 Å². The highest BCUT2D eigenvalue weighted by atomic mass is 16.5. The van der Waals surface area contributed by atoms with Crippen molar-refractivity contribution in [2.24, 2.45) is 0 Å². The Morgan fingerprint density at radius 1 is 1.18 bits per heavy atom. The molecule has 4 rings (SSSR count). The lowest BCUT2D eigenvalue weighted by atomic mass is 10.2. The summed E-state index contributed by atoms with van der Waals surface area (Å²) in [6.45, 7) is 1.77. The van der Waals surface area contributed by atoms with Gasteiger partial charge in [-0.25, -0.2) is 4.68 Å². The molecule has 0 aliphatic heterocycles. The molecule has 2 heterocycles. The molecule has 1 saturated carbocycles. The molecule has 0 spiro atoms. The van der Waals surface area contributed by atoms with Crippen LogP contribution in [0.5, 0.6) is 23.3 Å². The molecule has 0 amide bonds. The van der Waals surface area contributed by atoms with Gasteiger partial charge >= 0.3 is 0 Å². The summed E-state index contributed by atoms with van der Waals surface area (Å²) in [5, 5.41) is 22.9. The van der Waals surface area contributed by atoms with Crippen LogP contribution in [0.3, 0.4) is 0 Å². The van der Waals surface area contributed by atoms with E-state index in [0.29, 0.717) is 34.6 Å². The summed E-state index contributed by atoms with van der Waals surface area (Å²) in [5.74, 6) is 1.73. The molecule has 1 aliphatic carbocycles. The van der Waals surface area contributed by atoms with Crippen LogP contribution in [0.4, 0.5) is 0 Å². The SMILES string of the molecule is Cc1nc(Oc2cc(C#N)ccc2-n2cc(O)cn2)cc(OC2CCCC2)n1. The normalized spacial score (nSPS) is 14.0. The van der Waals surface area contributed by atoms with Gasteiger partial charge in [-0.1, -0.05) is 0 Å². The number of rotatable bonds is 5. The highest BCUT2D eigenvalue weighted by molar-refractivity contribution is 5.52. The lowest BCUT2D eigenvalue weighted by Crippen LogP contribution is -2.12. The molecule has 1 aromatic carbocycles. The van der Waals surface area contributed by atoms with E-state index in [2.05, 4.69) is 21.1 Å². The van der Waals surface area contributed by atoms with Crippen LogP contribution < -0.4 is 9.47 Å².